The first-order valence-corrected chi connectivity index (χ1v) is 9.28. The van der Waals surface area contributed by atoms with E-state index in [1.165, 1.54) is 0 Å². The van der Waals surface area contributed by atoms with E-state index < -0.39 is 6.04 Å². The van der Waals surface area contributed by atoms with Gasteiger partial charge in [0.2, 0.25) is 5.91 Å². The molecule has 1 atom stereocenters. The fraction of sp³-hybridized carbons (Fsp3) is 0.333. The molecule has 1 aliphatic heterocycles. The van der Waals surface area contributed by atoms with E-state index in [0.717, 1.165) is 36.5 Å². The number of hydrogen-bond donors (Lipinski definition) is 1. The van der Waals surface area contributed by atoms with Gasteiger partial charge in [0, 0.05) is 18.3 Å². The van der Waals surface area contributed by atoms with Gasteiger partial charge in [-0.25, -0.2) is 4.98 Å². The van der Waals surface area contributed by atoms with Crippen LogP contribution in [0.25, 0.3) is 0 Å². The second-order valence-electron chi connectivity index (χ2n) is 5.83. The Balaban J connectivity index is 1.54. The third-order valence-corrected chi connectivity index (χ3v) is 5.64. The fourth-order valence-corrected chi connectivity index (χ4v) is 4.13. The number of carbonyl (C=O) groups is 1. The fourth-order valence-electron chi connectivity index (χ4n) is 2.82. The highest BCUT2D eigenvalue weighted by Crippen LogP contribution is 2.30. The van der Waals surface area contributed by atoms with Crippen molar-refractivity contribution in [3.8, 4) is 0 Å². The van der Waals surface area contributed by atoms with Crippen molar-refractivity contribution in [1.82, 2.24) is 9.88 Å². The van der Waals surface area contributed by atoms with Crippen LogP contribution in [-0.2, 0) is 4.79 Å². The summed E-state index contributed by atoms with van der Waals surface area (Å²) in [5.41, 5.74) is 6.99. The Bertz CT molecular complexity index is 690. The van der Waals surface area contributed by atoms with E-state index in [2.05, 4.69) is 4.98 Å². The van der Waals surface area contributed by atoms with Crippen molar-refractivity contribution in [1.29, 1.82) is 0 Å². The summed E-state index contributed by atoms with van der Waals surface area (Å²) >= 11 is 7.66. The lowest BCUT2D eigenvalue weighted by atomic mass is 10.0. The molecule has 1 aromatic carbocycles. The average molecular weight is 362 g/mol. The summed E-state index contributed by atoms with van der Waals surface area (Å²) in [6.07, 6.45) is 1.87. The van der Waals surface area contributed by atoms with Crippen LogP contribution in [0.3, 0.4) is 0 Å². The Kier molecular flexibility index (Phi) is 5.76. The second kappa shape index (κ2) is 8.01. The third-order valence-electron chi connectivity index (χ3n) is 4.16. The summed E-state index contributed by atoms with van der Waals surface area (Å²) in [7, 11) is 0. The molecule has 2 N–H and O–H groups in total. The van der Waals surface area contributed by atoms with Crippen molar-refractivity contribution in [3.63, 3.8) is 0 Å². The molecule has 1 aliphatic rings. The SMILES string of the molecule is NC(C(=O)N1CCC(Sc2cccc(Cl)n2)CC1)c1ccccc1. The monoisotopic (exact) mass is 361 g/mol. The maximum atomic E-state index is 12.6. The summed E-state index contributed by atoms with van der Waals surface area (Å²) in [5, 5.41) is 1.91. The van der Waals surface area contributed by atoms with Crippen molar-refractivity contribution in [2.45, 2.75) is 29.2 Å². The summed E-state index contributed by atoms with van der Waals surface area (Å²) in [6, 6.07) is 14.6. The van der Waals surface area contributed by atoms with Crippen LogP contribution in [0.4, 0.5) is 0 Å². The molecule has 2 aromatic rings. The molecule has 126 valence electrons. The maximum Gasteiger partial charge on any atom is 0.244 e. The van der Waals surface area contributed by atoms with Crippen LogP contribution in [-0.4, -0.2) is 34.1 Å². The smallest absolute Gasteiger partial charge is 0.244 e. The number of nitrogens with zero attached hydrogens (tertiary/aromatic N) is 2. The van der Waals surface area contributed by atoms with Gasteiger partial charge in [0.1, 0.15) is 11.2 Å². The molecular weight excluding hydrogens is 342 g/mol. The molecule has 1 aromatic heterocycles. The van der Waals surface area contributed by atoms with E-state index in [1.807, 2.05) is 47.4 Å². The highest BCUT2D eigenvalue weighted by Gasteiger charge is 2.27. The number of hydrogen-bond acceptors (Lipinski definition) is 4. The first-order chi connectivity index (χ1) is 11.6. The largest absolute Gasteiger partial charge is 0.341 e. The van der Waals surface area contributed by atoms with Gasteiger partial charge in [-0.05, 0) is 30.5 Å². The van der Waals surface area contributed by atoms with Crippen LogP contribution in [0.1, 0.15) is 24.4 Å². The van der Waals surface area contributed by atoms with Crippen LogP contribution in [0.2, 0.25) is 5.15 Å². The molecule has 2 heterocycles. The standard InChI is InChI=1S/C18H20ClN3OS/c19-15-7-4-8-16(21-15)24-14-9-11-22(12-10-14)18(23)17(20)13-5-2-1-3-6-13/h1-8,14,17H,9-12,20H2. The van der Waals surface area contributed by atoms with Crippen molar-refractivity contribution < 1.29 is 4.79 Å². The molecule has 6 heteroatoms. The summed E-state index contributed by atoms with van der Waals surface area (Å²) in [5.74, 6) is 0.00512. The number of pyridine rings is 1. The highest BCUT2D eigenvalue weighted by molar-refractivity contribution is 7.99. The van der Waals surface area contributed by atoms with Gasteiger partial charge in [0.15, 0.2) is 0 Å². The van der Waals surface area contributed by atoms with Gasteiger partial charge in [-0.3, -0.25) is 4.79 Å². The third kappa shape index (κ3) is 4.29. The molecule has 1 unspecified atom stereocenters. The summed E-state index contributed by atoms with van der Waals surface area (Å²) in [6.45, 7) is 1.47. The number of carbonyl (C=O) groups excluding carboxylic acids is 1. The van der Waals surface area contributed by atoms with Gasteiger partial charge in [0.25, 0.3) is 0 Å². The molecule has 0 spiro atoms. The van der Waals surface area contributed by atoms with Crippen LogP contribution >= 0.6 is 23.4 Å². The average Bonchev–Trinajstić information content (AvgIpc) is 2.62. The molecule has 0 bridgehead atoms. The van der Waals surface area contributed by atoms with Gasteiger partial charge in [-0.15, -0.1) is 11.8 Å². The van der Waals surface area contributed by atoms with Gasteiger partial charge in [-0.2, -0.15) is 0 Å². The predicted octanol–water partition coefficient (Wildman–Crippen LogP) is 3.52. The lowest BCUT2D eigenvalue weighted by Gasteiger charge is -2.33. The highest BCUT2D eigenvalue weighted by atomic mass is 35.5. The number of benzene rings is 1. The number of piperidine rings is 1. The van der Waals surface area contributed by atoms with E-state index in [9.17, 15) is 4.79 Å². The minimum atomic E-state index is -0.579. The Morgan fingerprint density at radius 1 is 1.17 bits per heavy atom. The number of halogens is 1. The Morgan fingerprint density at radius 2 is 1.88 bits per heavy atom. The zero-order valence-electron chi connectivity index (χ0n) is 13.3. The molecule has 0 radical (unpaired) electrons. The topological polar surface area (TPSA) is 59.2 Å². The van der Waals surface area contributed by atoms with Gasteiger partial charge >= 0.3 is 0 Å². The molecule has 0 aliphatic carbocycles. The molecule has 1 saturated heterocycles. The van der Waals surface area contributed by atoms with E-state index in [0.29, 0.717) is 10.4 Å². The van der Waals surface area contributed by atoms with E-state index in [1.54, 1.807) is 17.8 Å². The molecule has 1 fully saturated rings. The molecule has 4 nitrogen and oxygen atoms in total. The summed E-state index contributed by atoms with van der Waals surface area (Å²) < 4.78 is 0. The minimum absolute atomic E-state index is 0.00512. The van der Waals surface area contributed by atoms with Crippen molar-refractivity contribution in [2.75, 3.05) is 13.1 Å². The Morgan fingerprint density at radius 3 is 2.54 bits per heavy atom. The second-order valence-corrected chi connectivity index (χ2v) is 7.54. The maximum absolute atomic E-state index is 12.6. The lowest BCUT2D eigenvalue weighted by molar-refractivity contribution is -0.133. The number of nitrogens with two attached hydrogens (primary N) is 1. The van der Waals surface area contributed by atoms with Crippen molar-refractivity contribution in [2.24, 2.45) is 5.73 Å². The first-order valence-electron chi connectivity index (χ1n) is 8.02. The predicted molar refractivity (Wildman–Crippen MR) is 98.1 cm³/mol. The van der Waals surface area contributed by atoms with Gasteiger partial charge in [-0.1, -0.05) is 48.0 Å². The quantitative estimate of drug-likeness (QED) is 0.846. The number of likely N-dealkylation sites (tertiary alicyclic amines) is 1. The molecule has 24 heavy (non-hydrogen) atoms. The lowest BCUT2D eigenvalue weighted by Crippen LogP contribution is -2.43. The van der Waals surface area contributed by atoms with Crippen LogP contribution in [0.5, 0.6) is 0 Å². The Labute approximate surface area is 151 Å². The molecule has 0 saturated carbocycles. The van der Waals surface area contributed by atoms with Crippen molar-refractivity contribution >= 4 is 29.3 Å². The van der Waals surface area contributed by atoms with E-state index in [4.69, 9.17) is 17.3 Å². The zero-order valence-corrected chi connectivity index (χ0v) is 14.8. The molecule has 1 amide bonds. The summed E-state index contributed by atoms with van der Waals surface area (Å²) in [4.78, 5) is 18.8. The minimum Gasteiger partial charge on any atom is -0.341 e. The molecular formula is C18H20ClN3OS. The van der Waals surface area contributed by atoms with Crippen LogP contribution in [0, 0.1) is 0 Å². The van der Waals surface area contributed by atoms with Gasteiger partial charge < -0.3 is 10.6 Å². The van der Waals surface area contributed by atoms with Crippen molar-refractivity contribution in [3.05, 3.63) is 59.2 Å². The number of amides is 1. The Hall–Kier alpha value is -1.56. The normalized spacial score (nSPS) is 16.8. The zero-order chi connectivity index (χ0) is 16.9. The van der Waals surface area contributed by atoms with Gasteiger partial charge in [0.05, 0.1) is 5.03 Å². The van der Waals surface area contributed by atoms with E-state index in [-0.39, 0.29) is 5.91 Å². The van der Waals surface area contributed by atoms with Crippen LogP contribution < -0.4 is 5.73 Å². The van der Waals surface area contributed by atoms with Crippen LogP contribution in [0.15, 0.2) is 53.6 Å². The molecule has 3 rings (SSSR count). The number of thioether (sulfide) groups is 1. The number of rotatable bonds is 4. The number of aromatic nitrogens is 1. The first kappa shape index (κ1) is 17.3. The van der Waals surface area contributed by atoms with E-state index >= 15 is 0 Å².